The molecule has 0 amide bonds. The number of hydrogen-bond donors (Lipinski definition) is 0. The first kappa shape index (κ1) is 26.0. The molecule has 0 saturated heterocycles. The van der Waals surface area contributed by atoms with Crippen LogP contribution < -0.4 is 0 Å². The molecule has 0 bridgehead atoms. The van der Waals surface area contributed by atoms with E-state index in [-0.39, 0.29) is 18.6 Å². The van der Waals surface area contributed by atoms with Crippen molar-refractivity contribution in [3.05, 3.63) is 54.6 Å². The monoisotopic (exact) mass is 285 g/mol. The summed E-state index contributed by atoms with van der Waals surface area (Å²) in [6, 6.07) is 6.32. The molecule has 0 aromatic heterocycles. The van der Waals surface area contributed by atoms with Gasteiger partial charge in [-0.15, -0.1) is 13.2 Å². The summed E-state index contributed by atoms with van der Waals surface area (Å²) in [6.07, 6.45) is 0. The summed E-state index contributed by atoms with van der Waals surface area (Å²) in [5, 5.41) is 0. The fourth-order valence-corrected chi connectivity index (χ4v) is 1.21. The van der Waals surface area contributed by atoms with Gasteiger partial charge in [-0.2, -0.15) is 0 Å². The Morgan fingerprint density at radius 1 is 0.944 bits per heavy atom. The number of rotatable bonds is 1. The van der Waals surface area contributed by atoms with Crippen LogP contribution in [0.1, 0.15) is 51.3 Å². The van der Waals surface area contributed by atoms with E-state index < -0.39 is 0 Å². The third-order valence-electron chi connectivity index (χ3n) is 2.06. The predicted octanol–water partition coefficient (Wildman–Crippen LogP) is 6.19. The molecule has 0 saturated carbocycles. The maximum atomic E-state index is 3.93. The maximum absolute atomic E-state index is 3.93. The van der Waals surface area contributed by atoms with Gasteiger partial charge in [0.2, 0.25) is 0 Å². The van der Waals surface area contributed by atoms with E-state index >= 15 is 0 Å². The van der Waals surface area contributed by atoms with Crippen LogP contribution in [-0.2, 0) is 18.6 Å². The Hall–Kier alpha value is -0.716. The van der Waals surface area contributed by atoms with Crippen molar-refractivity contribution in [1.29, 1.82) is 0 Å². The fourth-order valence-electron chi connectivity index (χ4n) is 1.21. The van der Waals surface area contributed by atoms with Crippen LogP contribution in [0, 0.1) is 13.8 Å². The van der Waals surface area contributed by atoms with Crippen molar-refractivity contribution in [3.63, 3.8) is 0 Å². The minimum atomic E-state index is 0. The van der Waals surface area contributed by atoms with Crippen molar-refractivity contribution in [3.8, 4) is 0 Å². The van der Waals surface area contributed by atoms with E-state index in [1.54, 1.807) is 0 Å². The average Bonchev–Trinajstić information content (AvgIpc) is 2.39. The van der Waals surface area contributed by atoms with Crippen molar-refractivity contribution in [1.82, 2.24) is 0 Å². The van der Waals surface area contributed by atoms with Gasteiger partial charge in [-0.1, -0.05) is 58.0 Å². The van der Waals surface area contributed by atoms with E-state index in [1.807, 2.05) is 34.6 Å². The SMILES string of the molecule is C=C.C=C(C)c1cccc(C)c1C.CC.CC.[V]. The van der Waals surface area contributed by atoms with Gasteiger partial charge >= 0.3 is 0 Å². The summed E-state index contributed by atoms with van der Waals surface area (Å²) in [6.45, 7) is 24.2. The molecule has 1 heteroatoms. The van der Waals surface area contributed by atoms with Crippen LogP contribution in [0.3, 0.4) is 0 Å². The zero-order valence-electron chi connectivity index (χ0n) is 13.3. The molecule has 1 aromatic rings. The van der Waals surface area contributed by atoms with E-state index in [9.17, 15) is 0 Å². The summed E-state index contributed by atoms with van der Waals surface area (Å²) in [7, 11) is 0. The fraction of sp³-hybridized carbons (Fsp3) is 0.412. The third kappa shape index (κ3) is 10.4. The van der Waals surface area contributed by atoms with Crippen molar-refractivity contribution in [2.75, 3.05) is 0 Å². The number of allylic oxidation sites excluding steroid dienone is 1. The number of aryl methyl sites for hydroxylation is 1. The van der Waals surface area contributed by atoms with E-state index in [2.05, 4.69) is 51.8 Å². The van der Waals surface area contributed by atoms with Crippen LogP contribution in [0.25, 0.3) is 5.57 Å². The van der Waals surface area contributed by atoms with Gasteiger partial charge in [0.15, 0.2) is 0 Å². The van der Waals surface area contributed by atoms with E-state index in [0.29, 0.717) is 0 Å². The largest absolute Gasteiger partial charge is 0.106 e. The summed E-state index contributed by atoms with van der Waals surface area (Å²) >= 11 is 0. The molecule has 0 spiro atoms. The minimum Gasteiger partial charge on any atom is -0.106 e. The molecule has 103 valence electrons. The number of hydrogen-bond acceptors (Lipinski definition) is 0. The van der Waals surface area contributed by atoms with Crippen molar-refractivity contribution in [2.45, 2.75) is 48.5 Å². The Labute approximate surface area is 127 Å². The standard InChI is InChI=1S/C11H14.2C2H6.C2H4.V/c1-8(2)11-7-5-6-9(3)10(11)4;3*1-2;/h5-7H,1H2,2-4H3;2*1-2H3;1-2H2;. The van der Waals surface area contributed by atoms with Gasteiger partial charge in [-0.25, -0.2) is 0 Å². The van der Waals surface area contributed by atoms with Crippen LogP contribution in [0.4, 0.5) is 0 Å². The second-order valence-corrected chi connectivity index (χ2v) is 3.03. The molecule has 0 N–H and O–H groups in total. The molecule has 0 fully saturated rings. The molecule has 0 heterocycles. The topological polar surface area (TPSA) is 0 Å². The average molecular weight is 285 g/mol. The van der Waals surface area contributed by atoms with E-state index in [0.717, 1.165) is 5.57 Å². The zero-order valence-corrected chi connectivity index (χ0v) is 14.7. The molecular weight excluding hydrogens is 255 g/mol. The van der Waals surface area contributed by atoms with Gasteiger partial charge in [0.25, 0.3) is 0 Å². The summed E-state index contributed by atoms with van der Waals surface area (Å²) < 4.78 is 0. The predicted molar refractivity (Wildman–Crippen MR) is 84.6 cm³/mol. The molecule has 1 radical (unpaired) electrons. The van der Waals surface area contributed by atoms with E-state index in [4.69, 9.17) is 0 Å². The molecule has 1 rings (SSSR count). The van der Waals surface area contributed by atoms with Gasteiger partial charge in [-0.05, 0) is 37.5 Å². The summed E-state index contributed by atoms with van der Waals surface area (Å²) in [5.41, 5.74) is 5.11. The molecule has 0 unspecified atom stereocenters. The third-order valence-corrected chi connectivity index (χ3v) is 2.06. The van der Waals surface area contributed by atoms with Crippen LogP contribution in [0.5, 0.6) is 0 Å². The van der Waals surface area contributed by atoms with E-state index in [1.165, 1.54) is 16.7 Å². The van der Waals surface area contributed by atoms with Gasteiger partial charge in [0.1, 0.15) is 0 Å². The van der Waals surface area contributed by atoms with Crippen LogP contribution in [0.15, 0.2) is 37.9 Å². The second-order valence-electron chi connectivity index (χ2n) is 3.03. The summed E-state index contributed by atoms with van der Waals surface area (Å²) in [4.78, 5) is 0. The molecule has 0 atom stereocenters. The van der Waals surface area contributed by atoms with Gasteiger partial charge < -0.3 is 0 Å². The molecule has 0 aliphatic heterocycles. The molecular formula is C17H30V. The molecule has 0 aliphatic rings. The Balaban J connectivity index is -0.000000123. The second kappa shape index (κ2) is 18.6. The Morgan fingerprint density at radius 3 is 1.61 bits per heavy atom. The minimum absolute atomic E-state index is 0. The quantitative estimate of drug-likeness (QED) is 0.540. The van der Waals surface area contributed by atoms with Crippen molar-refractivity contribution < 1.29 is 18.6 Å². The Morgan fingerprint density at radius 2 is 1.33 bits per heavy atom. The Bertz CT molecular complexity index is 300. The first-order valence-electron chi connectivity index (χ1n) is 6.35. The molecule has 0 aliphatic carbocycles. The van der Waals surface area contributed by atoms with Gasteiger partial charge in [-0.3, -0.25) is 0 Å². The summed E-state index contributed by atoms with van der Waals surface area (Å²) in [5.74, 6) is 0. The normalized spacial score (nSPS) is 6.83. The molecule has 0 nitrogen and oxygen atoms in total. The van der Waals surface area contributed by atoms with Crippen LogP contribution in [0.2, 0.25) is 0 Å². The molecule has 18 heavy (non-hydrogen) atoms. The van der Waals surface area contributed by atoms with Crippen LogP contribution in [-0.4, -0.2) is 0 Å². The molecule has 1 aromatic carbocycles. The van der Waals surface area contributed by atoms with Crippen LogP contribution >= 0.6 is 0 Å². The number of benzene rings is 1. The van der Waals surface area contributed by atoms with Crippen molar-refractivity contribution in [2.24, 2.45) is 0 Å². The smallest absolute Gasteiger partial charge is 0 e. The maximum Gasteiger partial charge on any atom is 0 e. The first-order valence-corrected chi connectivity index (χ1v) is 6.35. The van der Waals surface area contributed by atoms with Crippen molar-refractivity contribution >= 4 is 5.57 Å². The Kier molecular flexibility index (Phi) is 26.9. The first-order chi connectivity index (χ1) is 8.13. The zero-order chi connectivity index (χ0) is 14.4. The van der Waals surface area contributed by atoms with Gasteiger partial charge in [0, 0.05) is 18.6 Å². The van der Waals surface area contributed by atoms with Gasteiger partial charge in [0.05, 0.1) is 0 Å².